The quantitative estimate of drug-likeness (QED) is 0.608. The summed E-state index contributed by atoms with van der Waals surface area (Å²) in [7, 11) is 0. The Labute approximate surface area is 184 Å². The van der Waals surface area contributed by atoms with Gasteiger partial charge in [0, 0.05) is 52.8 Å². The van der Waals surface area contributed by atoms with Crippen LogP contribution in [0.3, 0.4) is 0 Å². The van der Waals surface area contributed by atoms with Crippen molar-refractivity contribution in [2.75, 3.05) is 26.2 Å². The van der Waals surface area contributed by atoms with Crippen molar-refractivity contribution in [2.24, 2.45) is 0 Å². The highest BCUT2D eigenvalue weighted by Gasteiger charge is 2.35. The minimum absolute atomic E-state index is 0.0114. The summed E-state index contributed by atoms with van der Waals surface area (Å²) < 4.78 is 2.15. The smallest absolute Gasteiger partial charge is 0.273 e. The number of carbonyl (C=O) groups excluding carboxylic acids is 2. The molecule has 0 radical (unpaired) electrons. The lowest BCUT2D eigenvalue weighted by molar-refractivity contribution is 0.0557. The average Bonchev–Trinajstić information content (AvgIpc) is 3.43. The van der Waals surface area contributed by atoms with Crippen LogP contribution in [0.2, 0.25) is 0 Å². The molecule has 150 valence electrons. The van der Waals surface area contributed by atoms with E-state index in [-0.39, 0.29) is 17.9 Å². The summed E-state index contributed by atoms with van der Waals surface area (Å²) in [5, 5.41) is 6.51. The van der Waals surface area contributed by atoms with Crippen LogP contribution in [0.4, 0.5) is 0 Å². The van der Waals surface area contributed by atoms with Crippen LogP contribution in [-0.4, -0.2) is 64.9 Å². The van der Waals surface area contributed by atoms with Gasteiger partial charge in [0.2, 0.25) is 0 Å². The van der Waals surface area contributed by atoms with E-state index >= 15 is 0 Å². The molecule has 2 aromatic heterocycles. The summed E-state index contributed by atoms with van der Waals surface area (Å²) in [4.78, 5) is 33.8. The summed E-state index contributed by atoms with van der Waals surface area (Å²) in [6, 6.07) is 8.64. The van der Waals surface area contributed by atoms with Crippen molar-refractivity contribution in [3.63, 3.8) is 0 Å². The van der Waals surface area contributed by atoms with Crippen molar-refractivity contribution in [1.82, 2.24) is 20.1 Å². The molecule has 2 aliphatic rings. The summed E-state index contributed by atoms with van der Waals surface area (Å²) in [6.45, 7) is 2.88. The molecule has 0 bridgehead atoms. The minimum Gasteiger partial charge on any atom is -0.336 e. The molecule has 0 unspecified atom stereocenters. The number of nitrogens with zero attached hydrogens (tertiary/aromatic N) is 3. The summed E-state index contributed by atoms with van der Waals surface area (Å²) in [6.07, 6.45) is 0.936. The second-order valence-electron chi connectivity index (χ2n) is 7.48. The molecule has 2 aliphatic heterocycles. The second kappa shape index (κ2) is 7.79. The third-order valence-electron chi connectivity index (χ3n) is 5.46. The van der Waals surface area contributed by atoms with Gasteiger partial charge in [-0.2, -0.15) is 0 Å². The van der Waals surface area contributed by atoms with Crippen LogP contribution in [-0.2, 0) is 0 Å². The van der Waals surface area contributed by atoms with E-state index in [1.807, 2.05) is 28.0 Å². The maximum atomic E-state index is 12.8. The van der Waals surface area contributed by atoms with E-state index in [4.69, 9.17) is 0 Å². The van der Waals surface area contributed by atoms with Gasteiger partial charge in [-0.3, -0.25) is 9.59 Å². The third-order valence-corrected chi connectivity index (χ3v) is 7.63. The van der Waals surface area contributed by atoms with E-state index in [1.165, 1.54) is 11.3 Å². The first-order valence-electron chi connectivity index (χ1n) is 9.49. The zero-order valence-corrected chi connectivity index (χ0v) is 18.7. The first-order valence-corrected chi connectivity index (χ1v) is 12.0. The molecule has 1 aromatic carbocycles. The molecular weight excluding hydrogens is 472 g/mol. The van der Waals surface area contributed by atoms with Gasteiger partial charge < -0.3 is 15.1 Å². The molecule has 2 saturated heterocycles. The number of thiophene rings is 1. The molecule has 6 nitrogen and oxygen atoms in total. The van der Waals surface area contributed by atoms with Crippen molar-refractivity contribution in [2.45, 2.75) is 18.5 Å². The molecule has 5 rings (SSSR count). The Balaban J connectivity index is 1.13. The number of hydrogen-bond acceptors (Lipinski definition) is 6. The fourth-order valence-electron chi connectivity index (χ4n) is 3.91. The van der Waals surface area contributed by atoms with Crippen LogP contribution < -0.4 is 5.32 Å². The van der Waals surface area contributed by atoms with Crippen LogP contribution in [0.15, 0.2) is 39.6 Å². The molecule has 3 aromatic rings. The predicted molar refractivity (Wildman–Crippen MR) is 119 cm³/mol. The molecule has 29 heavy (non-hydrogen) atoms. The van der Waals surface area contributed by atoms with Gasteiger partial charge in [0.1, 0.15) is 5.69 Å². The van der Waals surface area contributed by atoms with Gasteiger partial charge in [-0.15, -0.1) is 22.7 Å². The van der Waals surface area contributed by atoms with Crippen LogP contribution in [0.5, 0.6) is 0 Å². The van der Waals surface area contributed by atoms with Crippen LogP contribution in [0.25, 0.3) is 10.1 Å². The fourth-order valence-corrected chi connectivity index (χ4v) is 6.02. The Morgan fingerprint density at radius 3 is 2.72 bits per heavy atom. The van der Waals surface area contributed by atoms with Gasteiger partial charge in [-0.1, -0.05) is 22.0 Å². The summed E-state index contributed by atoms with van der Waals surface area (Å²) >= 11 is 6.46. The number of carbonyl (C=O) groups is 2. The van der Waals surface area contributed by atoms with Gasteiger partial charge >= 0.3 is 0 Å². The molecule has 2 amide bonds. The standard InChI is InChI=1S/C20H19BrN4O2S2/c21-13-2-1-12-5-18(29-17(12)6-13)20(27)25-8-15(9-25)23-14-3-4-24(7-14)19(26)16-10-28-11-22-16/h1-2,5-6,10-11,14-15,23H,3-4,7-9H2/t14-/m0/s1. The highest BCUT2D eigenvalue weighted by atomic mass is 79.9. The van der Waals surface area contributed by atoms with E-state index in [2.05, 4.69) is 32.3 Å². The predicted octanol–water partition coefficient (Wildman–Crippen LogP) is 3.45. The number of halogens is 1. The maximum absolute atomic E-state index is 12.8. The Morgan fingerprint density at radius 2 is 1.93 bits per heavy atom. The zero-order chi connectivity index (χ0) is 20.0. The fraction of sp³-hybridized carbons (Fsp3) is 0.350. The molecule has 0 aliphatic carbocycles. The Morgan fingerprint density at radius 1 is 1.10 bits per heavy atom. The van der Waals surface area contributed by atoms with Crippen molar-refractivity contribution >= 4 is 60.5 Å². The first-order chi connectivity index (χ1) is 14.1. The maximum Gasteiger partial charge on any atom is 0.273 e. The number of thiazole rings is 1. The van der Waals surface area contributed by atoms with Crippen molar-refractivity contribution in [1.29, 1.82) is 0 Å². The van der Waals surface area contributed by atoms with Gasteiger partial charge in [0.15, 0.2) is 0 Å². The largest absolute Gasteiger partial charge is 0.336 e. The summed E-state index contributed by atoms with van der Waals surface area (Å²) in [5.74, 6) is 0.115. The normalized spacial score (nSPS) is 19.7. The van der Waals surface area contributed by atoms with Gasteiger partial charge in [0.25, 0.3) is 11.8 Å². The van der Waals surface area contributed by atoms with E-state index in [9.17, 15) is 9.59 Å². The molecule has 9 heteroatoms. The lowest BCUT2D eigenvalue weighted by Gasteiger charge is -2.40. The van der Waals surface area contributed by atoms with Crippen LogP contribution in [0, 0.1) is 0 Å². The van der Waals surface area contributed by atoms with E-state index < -0.39 is 0 Å². The molecule has 0 spiro atoms. The van der Waals surface area contributed by atoms with Gasteiger partial charge in [0.05, 0.1) is 10.4 Å². The Kier molecular flexibility index (Phi) is 5.15. The Hall–Kier alpha value is -1.81. The van der Waals surface area contributed by atoms with Crippen molar-refractivity contribution < 1.29 is 9.59 Å². The molecule has 0 saturated carbocycles. The van der Waals surface area contributed by atoms with Gasteiger partial charge in [-0.25, -0.2) is 4.98 Å². The van der Waals surface area contributed by atoms with Crippen LogP contribution >= 0.6 is 38.6 Å². The molecule has 1 N–H and O–H groups in total. The number of amides is 2. The first kappa shape index (κ1) is 19.2. The SMILES string of the molecule is O=C(c1cscn1)N1CC[C@H](NC2CN(C(=O)c3cc4ccc(Br)cc4s3)C2)C1. The van der Waals surface area contributed by atoms with Crippen molar-refractivity contribution in [3.05, 3.63) is 50.2 Å². The molecule has 4 heterocycles. The highest BCUT2D eigenvalue weighted by Crippen LogP contribution is 2.30. The highest BCUT2D eigenvalue weighted by molar-refractivity contribution is 9.10. The number of fused-ring (bicyclic) bond motifs is 1. The number of aromatic nitrogens is 1. The van der Waals surface area contributed by atoms with Gasteiger partial charge in [-0.05, 0) is 30.0 Å². The third kappa shape index (κ3) is 3.84. The second-order valence-corrected chi connectivity index (χ2v) is 10.2. The average molecular weight is 491 g/mol. The topological polar surface area (TPSA) is 65.5 Å². The Bertz CT molecular complexity index is 1060. The van der Waals surface area contributed by atoms with E-state index in [0.29, 0.717) is 31.4 Å². The molecule has 1 atom stereocenters. The number of nitrogens with one attached hydrogen (secondary N) is 1. The summed E-state index contributed by atoms with van der Waals surface area (Å²) in [5.41, 5.74) is 2.22. The molecule has 2 fully saturated rings. The van der Waals surface area contributed by atoms with Crippen LogP contribution in [0.1, 0.15) is 26.6 Å². The van der Waals surface area contributed by atoms with Crippen molar-refractivity contribution in [3.8, 4) is 0 Å². The number of likely N-dealkylation sites (tertiary alicyclic amines) is 2. The van der Waals surface area contributed by atoms with E-state index in [0.717, 1.165) is 32.4 Å². The zero-order valence-electron chi connectivity index (χ0n) is 15.5. The lowest BCUT2D eigenvalue weighted by Crippen LogP contribution is -2.61. The number of rotatable bonds is 4. The van der Waals surface area contributed by atoms with E-state index in [1.54, 1.807) is 22.2 Å². The minimum atomic E-state index is 0.0114. The number of hydrogen-bond donors (Lipinski definition) is 1. The monoisotopic (exact) mass is 490 g/mol. The number of benzene rings is 1. The lowest BCUT2D eigenvalue weighted by atomic mass is 10.1. The molecular formula is C20H19BrN4O2S2.